The highest BCUT2D eigenvalue weighted by atomic mass is 16.6. The summed E-state index contributed by atoms with van der Waals surface area (Å²) in [4.78, 5) is 26.5. The molecule has 7 heteroatoms. The molecule has 7 nitrogen and oxygen atoms in total. The number of nitrogens with zero attached hydrogens (tertiary/aromatic N) is 2. The molecule has 2 unspecified atom stereocenters. The molecular weight excluding hydrogens is 236 g/mol. The second kappa shape index (κ2) is 4.77. The van der Waals surface area contributed by atoms with E-state index in [1.165, 1.54) is 12.1 Å². The van der Waals surface area contributed by atoms with Gasteiger partial charge in [0.25, 0.3) is 5.91 Å². The zero-order chi connectivity index (χ0) is 13.3. The van der Waals surface area contributed by atoms with E-state index in [2.05, 4.69) is 10.3 Å². The van der Waals surface area contributed by atoms with Gasteiger partial charge in [-0.3, -0.25) is 4.79 Å². The van der Waals surface area contributed by atoms with E-state index in [1.807, 2.05) is 13.8 Å². The number of nitrogens with one attached hydrogen (secondary N) is 2. The Balaban J connectivity index is 2.16. The van der Waals surface area contributed by atoms with Crippen molar-refractivity contribution in [3.8, 4) is 0 Å². The Labute approximate surface area is 104 Å². The normalized spacial score (nSPS) is 24.0. The number of amides is 1. The molecule has 0 aliphatic carbocycles. The molecule has 0 radical (unpaired) electrons. The summed E-state index contributed by atoms with van der Waals surface area (Å²) in [5.41, 5.74) is 0.266. The van der Waals surface area contributed by atoms with Crippen LogP contribution in [0.3, 0.4) is 0 Å². The van der Waals surface area contributed by atoms with Crippen LogP contribution in [0.1, 0.15) is 24.3 Å². The number of aromatic nitrogens is 1. The summed E-state index contributed by atoms with van der Waals surface area (Å²) in [7, 11) is 0. The van der Waals surface area contributed by atoms with Crippen LogP contribution >= 0.6 is 0 Å². The molecule has 1 aromatic heterocycles. The van der Waals surface area contributed by atoms with E-state index in [9.17, 15) is 14.9 Å². The zero-order valence-electron chi connectivity index (χ0n) is 10.3. The van der Waals surface area contributed by atoms with Crippen molar-refractivity contribution in [2.45, 2.75) is 25.9 Å². The number of carbonyl (C=O) groups excluding carboxylic acids is 1. The van der Waals surface area contributed by atoms with Crippen molar-refractivity contribution in [2.75, 3.05) is 13.1 Å². The molecule has 1 aliphatic rings. The summed E-state index contributed by atoms with van der Waals surface area (Å²) in [6.45, 7) is 5.29. The van der Waals surface area contributed by atoms with Gasteiger partial charge in [-0.15, -0.1) is 0 Å². The van der Waals surface area contributed by atoms with Crippen molar-refractivity contribution in [3.63, 3.8) is 0 Å². The van der Waals surface area contributed by atoms with E-state index in [0.717, 1.165) is 6.54 Å². The minimum absolute atomic E-state index is 0.0797. The third kappa shape index (κ3) is 2.35. The third-order valence-electron chi connectivity index (χ3n) is 3.12. The Morgan fingerprint density at radius 3 is 2.83 bits per heavy atom. The van der Waals surface area contributed by atoms with Crippen molar-refractivity contribution < 1.29 is 9.72 Å². The van der Waals surface area contributed by atoms with Crippen LogP contribution in [0.4, 0.5) is 5.82 Å². The summed E-state index contributed by atoms with van der Waals surface area (Å²) < 4.78 is 0. The third-order valence-corrected chi connectivity index (χ3v) is 3.12. The molecule has 1 aliphatic heterocycles. The number of hydrogen-bond donors (Lipinski definition) is 2. The maximum atomic E-state index is 12.2. The first-order valence-electron chi connectivity index (χ1n) is 5.87. The molecule has 2 heterocycles. The average molecular weight is 252 g/mol. The van der Waals surface area contributed by atoms with Crippen LogP contribution in [0.5, 0.6) is 0 Å². The highest BCUT2D eigenvalue weighted by Gasteiger charge is 2.29. The first-order valence-corrected chi connectivity index (χ1v) is 5.87. The van der Waals surface area contributed by atoms with Crippen LogP contribution in [-0.2, 0) is 0 Å². The molecule has 2 N–H and O–H groups in total. The van der Waals surface area contributed by atoms with E-state index >= 15 is 0 Å². The minimum Gasteiger partial charge on any atom is -0.358 e. The topological polar surface area (TPSA) is 91.3 Å². The Morgan fingerprint density at radius 2 is 2.22 bits per heavy atom. The number of H-pyrrole nitrogens is 1. The van der Waals surface area contributed by atoms with E-state index in [4.69, 9.17) is 0 Å². The van der Waals surface area contributed by atoms with Gasteiger partial charge in [-0.2, -0.15) is 0 Å². The Morgan fingerprint density at radius 1 is 1.50 bits per heavy atom. The predicted molar refractivity (Wildman–Crippen MR) is 65.4 cm³/mol. The summed E-state index contributed by atoms with van der Waals surface area (Å²) in [5.74, 6) is -0.349. The van der Waals surface area contributed by atoms with Gasteiger partial charge in [0.2, 0.25) is 0 Å². The minimum atomic E-state index is -0.541. The fourth-order valence-corrected chi connectivity index (χ4v) is 2.07. The standard InChI is InChI=1S/C11H16N4O3/c1-7-6-14(8(2)5-12-7)11(16)9-3-4-10(13-9)15(17)18/h3-4,7-8,12-13H,5-6H2,1-2H3. The van der Waals surface area contributed by atoms with Gasteiger partial charge in [-0.1, -0.05) is 0 Å². The van der Waals surface area contributed by atoms with Gasteiger partial charge in [0, 0.05) is 31.2 Å². The van der Waals surface area contributed by atoms with Gasteiger partial charge >= 0.3 is 5.82 Å². The highest BCUT2D eigenvalue weighted by Crippen LogP contribution is 2.15. The maximum absolute atomic E-state index is 12.2. The predicted octanol–water partition coefficient (Wildman–Crippen LogP) is 0.745. The number of piperazine rings is 1. The molecule has 18 heavy (non-hydrogen) atoms. The molecule has 0 bridgehead atoms. The zero-order valence-corrected chi connectivity index (χ0v) is 10.3. The van der Waals surface area contributed by atoms with Gasteiger partial charge in [0.1, 0.15) is 0 Å². The van der Waals surface area contributed by atoms with E-state index in [1.54, 1.807) is 4.90 Å². The molecule has 1 fully saturated rings. The number of hydrogen-bond acceptors (Lipinski definition) is 4. The molecule has 1 saturated heterocycles. The van der Waals surface area contributed by atoms with Crippen LogP contribution in [-0.4, -0.2) is 45.9 Å². The number of rotatable bonds is 2. The van der Waals surface area contributed by atoms with Crippen molar-refractivity contribution in [1.29, 1.82) is 0 Å². The Bertz CT molecular complexity index is 471. The van der Waals surface area contributed by atoms with Crippen molar-refractivity contribution in [3.05, 3.63) is 27.9 Å². The molecule has 0 aromatic carbocycles. The first kappa shape index (κ1) is 12.6. The number of nitro groups is 1. The molecule has 2 rings (SSSR count). The van der Waals surface area contributed by atoms with E-state index in [0.29, 0.717) is 6.54 Å². The van der Waals surface area contributed by atoms with Gasteiger partial charge in [0.15, 0.2) is 5.69 Å². The van der Waals surface area contributed by atoms with Gasteiger partial charge in [-0.25, -0.2) is 4.98 Å². The molecule has 0 spiro atoms. The molecule has 2 atom stereocenters. The van der Waals surface area contributed by atoms with Crippen molar-refractivity contribution in [1.82, 2.24) is 15.2 Å². The fraction of sp³-hybridized carbons (Fsp3) is 0.545. The van der Waals surface area contributed by atoms with Gasteiger partial charge < -0.3 is 20.3 Å². The van der Waals surface area contributed by atoms with Crippen LogP contribution in [0.25, 0.3) is 0 Å². The quantitative estimate of drug-likeness (QED) is 0.600. The largest absolute Gasteiger partial charge is 0.358 e. The Hall–Kier alpha value is -1.89. The molecule has 0 saturated carbocycles. The molecular formula is C11H16N4O3. The van der Waals surface area contributed by atoms with Crippen LogP contribution in [0, 0.1) is 10.1 Å². The summed E-state index contributed by atoms with van der Waals surface area (Å²) in [5, 5.41) is 13.8. The summed E-state index contributed by atoms with van der Waals surface area (Å²) in [6.07, 6.45) is 0. The van der Waals surface area contributed by atoms with Crippen LogP contribution < -0.4 is 5.32 Å². The molecule has 98 valence electrons. The molecule has 1 amide bonds. The first-order chi connectivity index (χ1) is 8.49. The summed E-state index contributed by atoms with van der Waals surface area (Å²) in [6, 6.07) is 3.08. The SMILES string of the molecule is CC1CN(C(=O)c2ccc([N+](=O)[O-])[nH]2)C(C)CN1. The molecule has 1 aromatic rings. The highest BCUT2D eigenvalue weighted by molar-refractivity contribution is 5.93. The lowest BCUT2D eigenvalue weighted by Crippen LogP contribution is -2.56. The van der Waals surface area contributed by atoms with Crippen molar-refractivity contribution >= 4 is 11.7 Å². The number of aromatic amines is 1. The lowest BCUT2D eigenvalue weighted by molar-refractivity contribution is -0.389. The van der Waals surface area contributed by atoms with E-state index in [-0.39, 0.29) is 29.5 Å². The second-order valence-electron chi connectivity index (χ2n) is 4.63. The Kier molecular flexibility index (Phi) is 3.33. The summed E-state index contributed by atoms with van der Waals surface area (Å²) >= 11 is 0. The van der Waals surface area contributed by atoms with Gasteiger partial charge in [-0.05, 0) is 24.8 Å². The number of carbonyl (C=O) groups is 1. The second-order valence-corrected chi connectivity index (χ2v) is 4.63. The average Bonchev–Trinajstić information content (AvgIpc) is 2.81. The van der Waals surface area contributed by atoms with Gasteiger partial charge in [0.05, 0.1) is 0 Å². The lowest BCUT2D eigenvalue weighted by atomic mass is 10.1. The van der Waals surface area contributed by atoms with Crippen molar-refractivity contribution in [2.24, 2.45) is 0 Å². The smallest absolute Gasteiger partial charge is 0.321 e. The lowest BCUT2D eigenvalue weighted by Gasteiger charge is -2.36. The fourth-order valence-electron chi connectivity index (χ4n) is 2.07. The van der Waals surface area contributed by atoms with E-state index < -0.39 is 4.92 Å². The maximum Gasteiger partial charge on any atom is 0.321 e. The van der Waals surface area contributed by atoms with Crippen LogP contribution in [0.15, 0.2) is 12.1 Å². The monoisotopic (exact) mass is 252 g/mol. The van der Waals surface area contributed by atoms with Crippen LogP contribution in [0.2, 0.25) is 0 Å².